The topological polar surface area (TPSA) is 73.0 Å². The Hall–Kier alpha value is -3.06. The molecule has 0 saturated carbocycles. The Bertz CT molecular complexity index is 982. The summed E-state index contributed by atoms with van der Waals surface area (Å²) in [6.45, 7) is 2.11. The number of nitrogens with one attached hydrogen (secondary N) is 1. The zero-order chi connectivity index (χ0) is 22.0. The fourth-order valence-electron chi connectivity index (χ4n) is 4.42. The molecular formula is C23H25ClN4O3. The highest BCUT2D eigenvalue weighted by atomic mass is 35.5. The number of benzene rings is 2. The fourth-order valence-corrected chi connectivity index (χ4v) is 4.55. The third-order valence-electron chi connectivity index (χ3n) is 5.91. The second-order valence-electron chi connectivity index (χ2n) is 8.38. The predicted octanol–water partition coefficient (Wildman–Crippen LogP) is 3.18. The maximum Gasteiger partial charge on any atom is 0.321 e. The van der Waals surface area contributed by atoms with Gasteiger partial charge in [0.05, 0.1) is 0 Å². The molecule has 2 aromatic carbocycles. The molecule has 8 heteroatoms. The molecule has 2 aromatic rings. The van der Waals surface area contributed by atoms with Crippen LogP contribution in [-0.2, 0) is 4.79 Å². The summed E-state index contributed by atoms with van der Waals surface area (Å²) in [7, 11) is 1.77. The normalized spacial score (nSPS) is 21.4. The quantitative estimate of drug-likeness (QED) is 0.779. The average Bonchev–Trinajstić information content (AvgIpc) is 2.92. The number of halogens is 1. The Morgan fingerprint density at radius 2 is 1.58 bits per heavy atom. The molecule has 0 radical (unpaired) electrons. The van der Waals surface area contributed by atoms with E-state index in [0.29, 0.717) is 55.4 Å². The van der Waals surface area contributed by atoms with Crippen LogP contribution in [0.15, 0.2) is 54.6 Å². The van der Waals surface area contributed by atoms with Gasteiger partial charge in [0.15, 0.2) is 0 Å². The van der Waals surface area contributed by atoms with Crippen LogP contribution >= 0.6 is 11.6 Å². The lowest BCUT2D eigenvalue weighted by Crippen LogP contribution is -2.46. The van der Waals surface area contributed by atoms with Gasteiger partial charge in [-0.25, -0.2) is 4.79 Å². The number of carbonyl (C=O) groups excluding carboxylic acids is 3. The van der Waals surface area contributed by atoms with E-state index in [9.17, 15) is 14.4 Å². The van der Waals surface area contributed by atoms with E-state index in [4.69, 9.17) is 11.6 Å². The highest BCUT2D eigenvalue weighted by Crippen LogP contribution is 2.35. The zero-order valence-electron chi connectivity index (χ0n) is 17.4. The molecule has 1 spiro atoms. The van der Waals surface area contributed by atoms with Crippen molar-refractivity contribution in [2.24, 2.45) is 5.41 Å². The van der Waals surface area contributed by atoms with E-state index < -0.39 is 5.41 Å². The van der Waals surface area contributed by atoms with E-state index >= 15 is 0 Å². The summed E-state index contributed by atoms with van der Waals surface area (Å²) in [4.78, 5) is 43.8. The first-order chi connectivity index (χ1) is 14.8. The standard InChI is InChI=1S/C23H25ClN4O3/c1-26-14-23(13-20(26)29)15-27(21(30)17-7-9-18(24)10-8-17)11-12-28(16-23)22(31)25-19-5-3-2-4-6-19/h2-10H,11-16H2,1H3,(H,25,31)/t23-/m0/s1. The van der Waals surface area contributed by atoms with Crippen LogP contribution in [0.5, 0.6) is 0 Å². The molecule has 2 saturated heterocycles. The Labute approximate surface area is 186 Å². The third kappa shape index (κ3) is 4.66. The lowest BCUT2D eigenvalue weighted by Gasteiger charge is -2.33. The summed E-state index contributed by atoms with van der Waals surface area (Å²) in [5.41, 5.74) is 0.747. The lowest BCUT2D eigenvalue weighted by atomic mass is 9.86. The highest BCUT2D eigenvalue weighted by Gasteiger charge is 2.47. The molecular weight excluding hydrogens is 416 g/mol. The number of rotatable bonds is 2. The molecule has 2 aliphatic rings. The van der Waals surface area contributed by atoms with Crippen LogP contribution in [0.2, 0.25) is 5.02 Å². The van der Waals surface area contributed by atoms with Gasteiger partial charge in [0, 0.05) is 67.9 Å². The van der Waals surface area contributed by atoms with Crippen molar-refractivity contribution in [3.05, 3.63) is 65.2 Å². The SMILES string of the molecule is CN1C[C@]2(CC1=O)CN(C(=O)Nc1ccccc1)CCN(C(=O)c1ccc(Cl)cc1)C2. The van der Waals surface area contributed by atoms with Gasteiger partial charge in [-0.15, -0.1) is 0 Å². The minimum absolute atomic E-state index is 0.0317. The number of likely N-dealkylation sites (tertiary alicyclic amines) is 1. The second-order valence-corrected chi connectivity index (χ2v) is 8.81. The van der Waals surface area contributed by atoms with Gasteiger partial charge < -0.3 is 20.0 Å². The molecule has 162 valence electrons. The van der Waals surface area contributed by atoms with Crippen LogP contribution in [0.4, 0.5) is 10.5 Å². The average molecular weight is 441 g/mol. The van der Waals surface area contributed by atoms with Crippen LogP contribution in [-0.4, -0.2) is 72.3 Å². The van der Waals surface area contributed by atoms with Gasteiger partial charge in [-0.3, -0.25) is 9.59 Å². The summed E-state index contributed by atoms with van der Waals surface area (Å²) >= 11 is 5.96. The molecule has 4 rings (SSSR count). The summed E-state index contributed by atoms with van der Waals surface area (Å²) < 4.78 is 0. The van der Waals surface area contributed by atoms with Crippen molar-refractivity contribution < 1.29 is 14.4 Å². The molecule has 1 atom stereocenters. The van der Waals surface area contributed by atoms with Crippen LogP contribution < -0.4 is 5.32 Å². The number of carbonyl (C=O) groups is 3. The van der Waals surface area contributed by atoms with Crippen molar-refractivity contribution in [3.8, 4) is 0 Å². The fraction of sp³-hybridized carbons (Fsp3) is 0.348. The predicted molar refractivity (Wildman–Crippen MR) is 119 cm³/mol. The molecule has 0 unspecified atom stereocenters. The number of amides is 4. The Morgan fingerprint density at radius 1 is 0.935 bits per heavy atom. The van der Waals surface area contributed by atoms with E-state index in [0.717, 1.165) is 0 Å². The summed E-state index contributed by atoms with van der Waals surface area (Å²) in [5, 5.41) is 3.49. The van der Waals surface area contributed by atoms with E-state index in [1.165, 1.54) is 0 Å². The molecule has 0 aromatic heterocycles. The number of hydrogen-bond acceptors (Lipinski definition) is 3. The minimum atomic E-state index is -0.502. The maximum atomic E-state index is 13.2. The molecule has 2 heterocycles. The van der Waals surface area contributed by atoms with Crippen molar-refractivity contribution in [3.63, 3.8) is 0 Å². The third-order valence-corrected chi connectivity index (χ3v) is 6.16. The highest BCUT2D eigenvalue weighted by molar-refractivity contribution is 6.30. The monoisotopic (exact) mass is 440 g/mol. The zero-order valence-corrected chi connectivity index (χ0v) is 18.1. The number of para-hydroxylation sites is 1. The smallest absolute Gasteiger partial charge is 0.321 e. The van der Waals surface area contributed by atoms with Gasteiger partial charge in [0.1, 0.15) is 0 Å². The van der Waals surface area contributed by atoms with E-state index in [2.05, 4.69) is 5.32 Å². The van der Waals surface area contributed by atoms with Crippen LogP contribution in [0, 0.1) is 5.41 Å². The number of urea groups is 1. The first-order valence-corrected chi connectivity index (χ1v) is 10.6. The van der Waals surface area contributed by atoms with Gasteiger partial charge in [0.25, 0.3) is 5.91 Å². The maximum absolute atomic E-state index is 13.2. The van der Waals surface area contributed by atoms with E-state index in [1.54, 1.807) is 46.0 Å². The van der Waals surface area contributed by atoms with Gasteiger partial charge in [0.2, 0.25) is 5.91 Å². The summed E-state index contributed by atoms with van der Waals surface area (Å²) in [6, 6.07) is 15.8. The second kappa shape index (κ2) is 8.59. The van der Waals surface area contributed by atoms with Crippen molar-refractivity contribution >= 4 is 35.1 Å². The van der Waals surface area contributed by atoms with Crippen molar-refractivity contribution in [2.75, 3.05) is 45.1 Å². The first kappa shape index (κ1) is 21.2. The molecule has 0 aliphatic carbocycles. The Balaban J connectivity index is 1.57. The summed E-state index contributed by atoms with van der Waals surface area (Å²) in [5.74, 6) is -0.0902. The largest absolute Gasteiger partial charge is 0.345 e. The molecule has 0 bridgehead atoms. The van der Waals surface area contributed by atoms with Gasteiger partial charge in [-0.05, 0) is 36.4 Å². The molecule has 2 aliphatic heterocycles. The molecule has 2 fully saturated rings. The molecule has 31 heavy (non-hydrogen) atoms. The van der Waals surface area contributed by atoms with Crippen LogP contribution in [0.25, 0.3) is 0 Å². The van der Waals surface area contributed by atoms with E-state index in [-0.39, 0.29) is 17.8 Å². The summed E-state index contributed by atoms with van der Waals surface area (Å²) in [6.07, 6.45) is 0.309. The lowest BCUT2D eigenvalue weighted by molar-refractivity contribution is -0.126. The van der Waals surface area contributed by atoms with Crippen molar-refractivity contribution in [1.29, 1.82) is 0 Å². The van der Waals surface area contributed by atoms with Crippen LogP contribution in [0.3, 0.4) is 0 Å². The first-order valence-electron chi connectivity index (χ1n) is 10.3. The van der Waals surface area contributed by atoms with E-state index in [1.807, 2.05) is 30.3 Å². The van der Waals surface area contributed by atoms with Gasteiger partial charge >= 0.3 is 6.03 Å². The van der Waals surface area contributed by atoms with Crippen molar-refractivity contribution in [1.82, 2.24) is 14.7 Å². The molecule has 7 nitrogen and oxygen atoms in total. The van der Waals surface area contributed by atoms with Gasteiger partial charge in [-0.2, -0.15) is 0 Å². The van der Waals surface area contributed by atoms with Crippen molar-refractivity contribution in [2.45, 2.75) is 6.42 Å². The minimum Gasteiger partial charge on any atom is -0.345 e. The number of nitrogens with zero attached hydrogens (tertiary/aromatic N) is 3. The number of hydrogen-bond donors (Lipinski definition) is 1. The molecule has 1 N–H and O–H groups in total. The molecule has 4 amide bonds. The number of anilines is 1. The Kier molecular flexibility index (Phi) is 5.87. The van der Waals surface area contributed by atoms with Gasteiger partial charge in [-0.1, -0.05) is 29.8 Å². The Morgan fingerprint density at radius 3 is 2.23 bits per heavy atom. The van der Waals surface area contributed by atoms with Crippen LogP contribution in [0.1, 0.15) is 16.8 Å².